The fraction of sp³-hybridized carbons (Fsp3) is 0.290. The maximum absolute atomic E-state index is 13.1. The zero-order valence-electron chi connectivity index (χ0n) is 22.1. The van der Waals surface area contributed by atoms with Crippen LogP contribution in [0.3, 0.4) is 0 Å². The van der Waals surface area contributed by atoms with Gasteiger partial charge in [0.05, 0.1) is 19.4 Å². The molecule has 4 N–H and O–H groups in total. The molecule has 1 fully saturated rings. The molecule has 202 valence electrons. The number of nitrogens with two attached hydrogens (primary N) is 1. The monoisotopic (exact) mass is 526 g/mol. The predicted molar refractivity (Wildman–Crippen MR) is 150 cm³/mol. The lowest BCUT2D eigenvalue weighted by molar-refractivity contribution is -0.144. The number of nitrogens with zero attached hydrogens (tertiary/aromatic N) is 1. The number of rotatable bonds is 11. The number of esters is 1. The number of ether oxygens (including phenoxy) is 1. The van der Waals surface area contributed by atoms with Crippen LogP contribution in [0.5, 0.6) is 0 Å². The Labute approximate surface area is 228 Å². The molecule has 0 bridgehead atoms. The van der Waals surface area contributed by atoms with Gasteiger partial charge in [-0.25, -0.2) is 0 Å². The smallest absolute Gasteiger partial charge is 0.306 e. The van der Waals surface area contributed by atoms with Crippen LogP contribution in [-0.4, -0.2) is 54.8 Å². The Morgan fingerprint density at radius 3 is 2.44 bits per heavy atom. The van der Waals surface area contributed by atoms with Crippen molar-refractivity contribution in [2.24, 2.45) is 11.7 Å². The van der Waals surface area contributed by atoms with Gasteiger partial charge in [0.2, 0.25) is 5.91 Å². The molecule has 1 saturated heterocycles. The van der Waals surface area contributed by atoms with Gasteiger partial charge < -0.3 is 20.7 Å². The van der Waals surface area contributed by atoms with Crippen molar-refractivity contribution >= 4 is 23.6 Å². The molecule has 1 aliphatic heterocycles. The Morgan fingerprint density at radius 1 is 1.00 bits per heavy atom. The normalized spacial score (nSPS) is 16.6. The van der Waals surface area contributed by atoms with Crippen molar-refractivity contribution in [3.05, 3.63) is 95.6 Å². The molecule has 0 spiro atoms. The van der Waals surface area contributed by atoms with Gasteiger partial charge in [-0.15, -0.1) is 0 Å². The molecule has 2 amide bonds. The molecule has 0 unspecified atom stereocenters. The fourth-order valence-electron chi connectivity index (χ4n) is 5.00. The number of hydrogen-bond acceptors (Lipinski definition) is 5. The van der Waals surface area contributed by atoms with E-state index in [1.807, 2.05) is 53.4 Å². The van der Waals surface area contributed by atoms with Gasteiger partial charge in [-0.2, -0.15) is 0 Å². The average Bonchev–Trinajstić information content (AvgIpc) is 3.25. The second-order valence-electron chi connectivity index (χ2n) is 9.77. The van der Waals surface area contributed by atoms with E-state index in [2.05, 4.69) is 17.4 Å². The van der Waals surface area contributed by atoms with Crippen LogP contribution in [0, 0.1) is 11.3 Å². The van der Waals surface area contributed by atoms with Crippen molar-refractivity contribution < 1.29 is 19.1 Å². The molecule has 2 atom stereocenters. The summed E-state index contributed by atoms with van der Waals surface area (Å²) in [5, 5.41) is 10.6. The standard InChI is InChI=1S/C31H34N4O4/c1-39-28(36)19-26-18-27(35(31(26)38)16-6-9-21-7-3-2-4-8-21)20-34-30(37)23-14-12-22(13-15-23)24-10-5-11-25(17-24)29(32)33/h2-5,7-8,10-15,17,26-27H,6,9,16,18-20H2,1H3,(H3,32,33)(H,34,37)/t26-,27-/m0/s1. The van der Waals surface area contributed by atoms with Gasteiger partial charge in [0, 0.05) is 30.3 Å². The lowest BCUT2D eigenvalue weighted by Gasteiger charge is -2.25. The third kappa shape index (κ3) is 7.10. The zero-order valence-corrected chi connectivity index (χ0v) is 22.1. The first-order valence-electron chi connectivity index (χ1n) is 13.1. The van der Waals surface area contributed by atoms with Gasteiger partial charge >= 0.3 is 5.97 Å². The van der Waals surface area contributed by atoms with Crippen LogP contribution < -0.4 is 11.1 Å². The Morgan fingerprint density at radius 2 is 1.74 bits per heavy atom. The van der Waals surface area contributed by atoms with Crippen LogP contribution in [0.25, 0.3) is 11.1 Å². The summed E-state index contributed by atoms with van der Waals surface area (Å²) in [4.78, 5) is 39.8. The highest BCUT2D eigenvalue weighted by molar-refractivity contribution is 5.97. The molecular weight excluding hydrogens is 492 g/mol. The van der Waals surface area contributed by atoms with Crippen LogP contribution in [0.15, 0.2) is 78.9 Å². The molecule has 1 heterocycles. The number of carbonyl (C=O) groups excluding carboxylic acids is 3. The summed E-state index contributed by atoms with van der Waals surface area (Å²) in [5.41, 5.74) is 9.77. The van der Waals surface area contributed by atoms with Gasteiger partial charge in [0.15, 0.2) is 0 Å². The number of carbonyl (C=O) groups is 3. The van der Waals surface area contributed by atoms with E-state index >= 15 is 0 Å². The first kappa shape index (κ1) is 27.6. The molecule has 3 aromatic rings. The van der Waals surface area contributed by atoms with E-state index in [0.29, 0.717) is 30.6 Å². The molecule has 1 aliphatic rings. The molecule has 8 heteroatoms. The zero-order chi connectivity index (χ0) is 27.8. The summed E-state index contributed by atoms with van der Waals surface area (Å²) < 4.78 is 4.79. The summed E-state index contributed by atoms with van der Waals surface area (Å²) in [5.74, 6) is -1.14. The van der Waals surface area contributed by atoms with E-state index in [4.69, 9.17) is 15.9 Å². The summed E-state index contributed by atoms with van der Waals surface area (Å²) in [6.45, 7) is 0.857. The summed E-state index contributed by atoms with van der Waals surface area (Å²) in [6, 6.07) is 24.5. The van der Waals surface area contributed by atoms with Crippen molar-refractivity contribution in [1.82, 2.24) is 10.2 Å². The molecule has 0 saturated carbocycles. The lowest BCUT2D eigenvalue weighted by Crippen LogP contribution is -2.42. The number of hydrogen-bond donors (Lipinski definition) is 3. The Kier molecular flexibility index (Phi) is 9.10. The van der Waals surface area contributed by atoms with Crippen molar-refractivity contribution in [2.75, 3.05) is 20.2 Å². The van der Waals surface area contributed by atoms with Gasteiger partial charge in [-0.1, -0.05) is 60.7 Å². The molecule has 0 aliphatic carbocycles. The number of likely N-dealkylation sites (tertiary alicyclic amines) is 1. The van der Waals surface area contributed by atoms with Gasteiger partial charge in [0.1, 0.15) is 5.84 Å². The first-order chi connectivity index (χ1) is 18.9. The molecule has 0 aromatic heterocycles. The molecular formula is C31H34N4O4. The van der Waals surface area contributed by atoms with Crippen LogP contribution in [0.2, 0.25) is 0 Å². The summed E-state index contributed by atoms with van der Waals surface area (Å²) in [6.07, 6.45) is 2.16. The van der Waals surface area contributed by atoms with E-state index in [1.165, 1.54) is 12.7 Å². The number of benzene rings is 3. The fourth-order valence-corrected chi connectivity index (χ4v) is 5.00. The highest BCUT2D eigenvalue weighted by atomic mass is 16.5. The average molecular weight is 527 g/mol. The molecule has 39 heavy (non-hydrogen) atoms. The van der Waals surface area contributed by atoms with Crippen molar-refractivity contribution in [3.8, 4) is 11.1 Å². The van der Waals surface area contributed by atoms with Crippen LogP contribution in [-0.2, 0) is 20.7 Å². The number of amidine groups is 1. The second-order valence-corrected chi connectivity index (χ2v) is 9.77. The van der Waals surface area contributed by atoms with Crippen LogP contribution in [0.4, 0.5) is 0 Å². The van der Waals surface area contributed by atoms with E-state index in [1.54, 1.807) is 18.2 Å². The first-order valence-corrected chi connectivity index (χ1v) is 13.1. The largest absolute Gasteiger partial charge is 0.469 e. The molecule has 4 rings (SSSR count). The molecule has 8 nitrogen and oxygen atoms in total. The highest BCUT2D eigenvalue weighted by Gasteiger charge is 2.40. The molecule has 3 aromatic carbocycles. The minimum atomic E-state index is -0.443. The third-order valence-corrected chi connectivity index (χ3v) is 7.13. The number of methoxy groups -OCH3 is 1. The van der Waals surface area contributed by atoms with Crippen LogP contribution >= 0.6 is 0 Å². The number of nitrogen functional groups attached to an aromatic ring is 1. The minimum absolute atomic E-state index is 0.00109. The second kappa shape index (κ2) is 12.9. The van der Waals surface area contributed by atoms with E-state index < -0.39 is 11.9 Å². The van der Waals surface area contributed by atoms with Crippen molar-refractivity contribution in [1.29, 1.82) is 5.41 Å². The summed E-state index contributed by atoms with van der Waals surface area (Å²) in [7, 11) is 1.32. The maximum atomic E-state index is 13.1. The van der Waals surface area contributed by atoms with Crippen molar-refractivity contribution in [3.63, 3.8) is 0 Å². The maximum Gasteiger partial charge on any atom is 0.306 e. The van der Waals surface area contributed by atoms with E-state index in [0.717, 1.165) is 24.0 Å². The minimum Gasteiger partial charge on any atom is -0.469 e. The lowest BCUT2D eigenvalue weighted by atomic mass is 10.0. The SMILES string of the molecule is COC(=O)C[C@@H]1C[C@@H](CNC(=O)c2ccc(-c3cccc(C(=N)N)c3)cc2)N(CCCc2ccccc2)C1=O. The van der Waals surface area contributed by atoms with E-state index in [-0.39, 0.29) is 30.1 Å². The predicted octanol–water partition coefficient (Wildman–Crippen LogP) is 3.78. The highest BCUT2D eigenvalue weighted by Crippen LogP contribution is 2.28. The number of amides is 2. The Balaban J connectivity index is 1.38. The number of aryl methyl sites for hydroxylation is 1. The van der Waals surface area contributed by atoms with Gasteiger partial charge in [0.25, 0.3) is 5.91 Å². The summed E-state index contributed by atoms with van der Waals surface area (Å²) >= 11 is 0. The third-order valence-electron chi connectivity index (χ3n) is 7.13. The Hall–Kier alpha value is -4.46. The number of nitrogens with one attached hydrogen (secondary N) is 2. The quantitative estimate of drug-likeness (QED) is 0.199. The van der Waals surface area contributed by atoms with Gasteiger partial charge in [-0.3, -0.25) is 19.8 Å². The van der Waals surface area contributed by atoms with Gasteiger partial charge in [-0.05, 0) is 54.2 Å². The van der Waals surface area contributed by atoms with Crippen molar-refractivity contribution in [2.45, 2.75) is 31.7 Å². The van der Waals surface area contributed by atoms with Crippen LogP contribution in [0.1, 0.15) is 40.7 Å². The topological polar surface area (TPSA) is 126 Å². The Bertz CT molecular complexity index is 1320. The van der Waals surface area contributed by atoms with E-state index in [9.17, 15) is 14.4 Å². The molecule has 0 radical (unpaired) electrons.